The maximum Gasteiger partial charge on any atom is 0.416 e. The molecule has 26 heavy (non-hydrogen) atoms. The van der Waals surface area contributed by atoms with Crippen LogP contribution in [0.2, 0.25) is 0 Å². The molecule has 2 heterocycles. The normalized spacial score (nSPS) is 26.8. The van der Waals surface area contributed by atoms with Crippen LogP contribution in [0.4, 0.5) is 13.2 Å². The molecule has 3 rings (SSSR count). The van der Waals surface area contributed by atoms with Crippen LogP contribution < -0.4 is 9.47 Å². The molecule has 2 aliphatic rings. The van der Waals surface area contributed by atoms with Crippen LogP contribution in [0.15, 0.2) is 18.2 Å². The highest BCUT2D eigenvalue weighted by atomic mass is 19.4. The zero-order valence-corrected chi connectivity index (χ0v) is 15.1. The predicted molar refractivity (Wildman–Crippen MR) is 90.5 cm³/mol. The fraction of sp³-hybridized carbons (Fsp3) is 0.684. The summed E-state index contributed by atoms with van der Waals surface area (Å²) in [5.74, 6) is 0.660. The van der Waals surface area contributed by atoms with Gasteiger partial charge in [0.1, 0.15) is 6.10 Å². The first-order valence-corrected chi connectivity index (χ1v) is 9.22. The second kappa shape index (κ2) is 7.64. The first-order chi connectivity index (χ1) is 12.2. The van der Waals surface area contributed by atoms with Crippen LogP contribution in [0.3, 0.4) is 0 Å². The SMILES string of the molecule is CC(C)COc1cc(C(F)(F)F)ccc1OC1CC2CCCC(C1)N2O. The van der Waals surface area contributed by atoms with Gasteiger partial charge in [-0.25, -0.2) is 0 Å². The molecule has 0 aliphatic carbocycles. The van der Waals surface area contributed by atoms with Gasteiger partial charge in [0.05, 0.1) is 12.2 Å². The van der Waals surface area contributed by atoms with Crippen LogP contribution in [-0.4, -0.2) is 35.1 Å². The predicted octanol–water partition coefficient (Wildman–Crippen LogP) is 4.89. The maximum absolute atomic E-state index is 13.0. The molecule has 0 radical (unpaired) electrons. The Labute approximate surface area is 151 Å². The molecule has 1 N–H and O–H groups in total. The summed E-state index contributed by atoms with van der Waals surface area (Å²) in [6, 6.07) is 3.50. The number of ether oxygens (including phenoxy) is 2. The second-order valence-electron chi connectivity index (χ2n) is 7.69. The van der Waals surface area contributed by atoms with Gasteiger partial charge in [0, 0.05) is 24.9 Å². The van der Waals surface area contributed by atoms with Crippen LogP contribution in [0, 0.1) is 5.92 Å². The highest BCUT2D eigenvalue weighted by Crippen LogP contribution is 2.39. The fourth-order valence-corrected chi connectivity index (χ4v) is 3.73. The van der Waals surface area contributed by atoms with Crippen molar-refractivity contribution < 1.29 is 27.9 Å². The number of benzene rings is 1. The Morgan fingerprint density at radius 3 is 2.38 bits per heavy atom. The molecule has 0 saturated carbocycles. The highest BCUT2D eigenvalue weighted by molar-refractivity contribution is 5.44. The minimum absolute atomic E-state index is 0.0574. The van der Waals surface area contributed by atoms with Gasteiger partial charge in [0.15, 0.2) is 11.5 Å². The molecule has 2 unspecified atom stereocenters. The van der Waals surface area contributed by atoms with Crippen molar-refractivity contribution in [1.29, 1.82) is 0 Å². The van der Waals surface area contributed by atoms with E-state index in [0.717, 1.165) is 31.4 Å². The topological polar surface area (TPSA) is 41.9 Å². The van der Waals surface area contributed by atoms with E-state index in [-0.39, 0.29) is 29.9 Å². The molecule has 2 fully saturated rings. The van der Waals surface area contributed by atoms with E-state index in [2.05, 4.69) is 0 Å². The Kier molecular flexibility index (Phi) is 5.67. The second-order valence-corrected chi connectivity index (χ2v) is 7.69. The number of nitrogens with zero attached hydrogens (tertiary/aromatic N) is 1. The van der Waals surface area contributed by atoms with E-state index in [0.29, 0.717) is 25.2 Å². The molecular weight excluding hydrogens is 347 g/mol. The summed E-state index contributed by atoms with van der Waals surface area (Å²) >= 11 is 0. The van der Waals surface area contributed by atoms with E-state index in [1.54, 1.807) is 0 Å². The third-order valence-corrected chi connectivity index (χ3v) is 5.03. The lowest BCUT2D eigenvalue weighted by atomic mass is 9.85. The summed E-state index contributed by atoms with van der Waals surface area (Å²) in [4.78, 5) is 0. The average molecular weight is 373 g/mol. The Bertz CT molecular complexity index is 607. The van der Waals surface area contributed by atoms with Crippen molar-refractivity contribution in [3.8, 4) is 11.5 Å². The summed E-state index contributed by atoms with van der Waals surface area (Å²) in [5.41, 5.74) is -0.745. The largest absolute Gasteiger partial charge is 0.489 e. The van der Waals surface area contributed by atoms with Crippen LogP contribution in [0.1, 0.15) is 51.5 Å². The van der Waals surface area contributed by atoms with Gasteiger partial charge in [-0.3, -0.25) is 0 Å². The molecule has 0 aromatic heterocycles. The summed E-state index contributed by atoms with van der Waals surface area (Å²) < 4.78 is 50.7. The molecule has 146 valence electrons. The van der Waals surface area contributed by atoms with E-state index in [9.17, 15) is 18.4 Å². The van der Waals surface area contributed by atoms with E-state index < -0.39 is 11.7 Å². The Morgan fingerprint density at radius 1 is 1.15 bits per heavy atom. The summed E-state index contributed by atoms with van der Waals surface area (Å²) in [5, 5.41) is 11.6. The van der Waals surface area contributed by atoms with E-state index in [4.69, 9.17) is 9.47 Å². The lowest BCUT2D eigenvalue weighted by Crippen LogP contribution is -2.52. The van der Waals surface area contributed by atoms with Gasteiger partial charge in [-0.15, -0.1) is 0 Å². The van der Waals surface area contributed by atoms with Gasteiger partial charge in [0.25, 0.3) is 0 Å². The van der Waals surface area contributed by atoms with Gasteiger partial charge in [-0.1, -0.05) is 20.3 Å². The van der Waals surface area contributed by atoms with Gasteiger partial charge in [-0.05, 0) is 37.0 Å². The monoisotopic (exact) mass is 373 g/mol. The summed E-state index contributed by atoms with van der Waals surface area (Å²) in [7, 11) is 0. The lowest BCUT2D eigenvalue weighted by Gasteiger charge is -2.44. The molecule has 2 aliphatic heterocycles. The van der Waals surface area contributed by atoms with Gasteiger partial charge in [0.2, 0.25) is 0 Å². The number of piperidine rings is 2. The van der Waals surface area contributed by atoms with Crippen LogP contribution in [0.25, 0.3) is 0 Å². The Morgan fingerprint density at radius 2 is 1.81 bits per heavy atom. The smallest absolute Gasteiger partial charge is 0.416 e. The first kappa shape index (κ1) is 19.3. The van der Waals surface area contributed by atoms with Gasteiger partial charge >= 0.3 is 6.18 Å². The molecule has 4 nitrogen and oxygen atoms in total. The van der Waals surface area contributed by atoms with Crippen molar-refractivity contribution in [3.05, 3.63) is 23.8 Å². The third-order valence-electron chi connectivity index (χ3n) is 5.03. The van der Waals surface area contributed by atoms with Crippen molar-refractivity contribution in [1.82, 2.24) is 5.06 Å². The summed E-state index contributed by atoms with van der Waals surface area (Å²) in [6.45, 7) is 4.19. The minimum atomic E-state index is -4.42. The first-order valence-electron chi connectivity index (χ1n) is 9.22. The van der Waals surface area contributed by atoms with Crippen molar-refractivity contribution in [2.24, 2.45) is 5.92 Å². The molecule has 0 amide bonds. The lowest BCUT2D eigenvalue weighted by molar-refractivity contribution is -0.207. The third kappa shape index (κ3) is 4.43. The molecule has 1 aromatic carbocycles. The number of halogens is 3. The summed E-state index contributed by atoms with van der Waals surface area (Å²) in [6.07, 6.45) is -0.315. The number of rotatable bonds is 5. The number of hydrogen-bond donors (Lipinski definition) is 1. The standard InChI is InChI=1S/C19H26F3NO3/c1-12(2)11-25-18-8-13(19(20,21)22)6-7-17(18)26-16-9-14-4-3-5-15(10-16)23(14)24/h6-8,12,14-16,24H,3-5,9-11H2,1-2H3. The van der Waals surface area contributed by atoms with Crippen molar-refractivity contribution >= 4 is 0 Å². The zero-order valence-electron chi connectivity index (χ0n) is 15.1. The Balaban J connectivity index is 1.77. The molecule has 0 spiro atoms. The minimum Gasteiger partial charge on any atom is -0.489 e. The van der Waals surface area contributed by atoms with Crippen LogP contribution in [-0.2, 0) is 6.18 Å². The molecule has 2 atom stereocenters. The van der Waals surface area contributed by atoms with Gasteiger partial charge in [-0.2, -0.15) is 18.2 Å². The average Bonchev–Trinajstić information content (AvgIpc) is 2.53. The fourth-order valence-electron chi connectivity index (χ4n) is 3.73. The molecule has 2 bridgehead atoms. The number of hydrogen-bond acceptors (Lipinski definition) is 4. The van der Waals surface area contributed by atoms with Crippen LogP contribution >= 0.6 is 0 Å². The number of alkyl halides is 3. The molecule has 2 saturated heterocycles. The highest BCUT2D eigenvalue weighted by Gasteiger charge is 2.39. The Hall–Kier alpha value is -1.47. The van der Waals surface area contributed by atoms with E-state index in [1.807, 2.05) is 13.8 Å². The maximum atomic E-state index is 13.0. The zero-order chi connectivity index (χ0) is 18.9. The number of hydroxylamine groups is 2. The quantitative estimate of drug-likeness (QED) is 0.798. The molecular formula is C19H26F3NO3. The van der Waals surface area contributed by atoms with Crippen molar-refractivity contribution in [2.45, 2.75) is 70.3 Å². The van der Waals surface area contributed by atoms with Crippen molar-refractivity contribution in [2.75, 3.05) is 6.61 Å². The molecule has 7 heteroatoms. The van der Waals surface area contributed by atoms with Crippen molar-refractivity contribution in [3.63, 3.8) is 0 Å². The van der Waals surface area contributed by atoms with Crippen LogP contribution in [0.5, 0.6) is 11.5 Å². The molecule has 1 aromatic rings. The van der Waals surface area contributed by atoms with Gasteiger partial charge < -0.3 is 14.7 Å². The van der Waals surface area contributed by atoms with E-state index in [1.165, 1.54) is 11.1 Å². The number of fused-ring (bicyclic) bond motifs is 2. The van der Waals surface area contributed by atoms with E-state index >= 15 is 0 Å².